The van der Waals surface area contributed by atoms with Crippen molar-refractivity contribution in [1.29, 1.82) is 0 Å². The van der Waals surface area contributed by atoms with E-state index in [0.29, 0.717) is 4.75 Å². The fourth-order valence-electron chi connectivity index (χ4n) is 2.24. The van der Waals surface area contributed by atoms with E-state index in [9.17, 15) is 0 Å². The first-order valence-electron chi connectivity index (χ1n) is 6.21. The number of hydrogen-bond acceptors (Lipinski definition) is 2. The molecule has 3 heteroatoms. The Labute approximate surface area is 103 Å². The van der Waals surface area contributed by atoms with Crippen LogP contribution in [-0.4, -0.2) is 21.6 Å². The van der Waals surface area contributed by atoms with Crippen molar-refractivity contribution >= 4 is 11.8 Å². The van der Waals surface area contributed by atoms with Gasteiger partial charge in [0.2, 0.25) is 0 Å². The summed E-state index contributed by atoms with van der Waals surface area (Å²) in [6, 6.07) is 2.21. The summed E-state index contributed by atoms with van der Waals surface area (Å²) in [6.07, 6.45) is 7.13. The van der Waals surface area contributed by atoms with Crippen LogP contribution in [0, 0.1) is 0 Å². The summed E-state index contributed by atoms with van der Waals surface area (Å²) in [5.74, 6) is 1.34. The summed E-state index contributed by atoms with van der Waals surface area (Å²) in [4.78, 5) is 0. The number of nitrogens with one attached hydrogen (secondary N) is 1. The fraction of sp³-hybridized carbons (Fsp3) is 0.692. The highest BCUT2D eigenvalue weighted by Gasteiger charge is 2.28. The molecular weight excluding hydrogens is 216 g/mol. The van der Waals surface area contributed by atoms with Crippen molar-refractivity contribution in [1.82, 2.24) is 9.88 Å². The Morgan fingerprint density at radius 1 is 1.56 bits per heavy atom. The van der Waals surface area contributed by atoms with Gasteiger partial charge in [-0.15, -0.1) is 0 Å². The SMILES string of the molecule is CCn1ccc(CNCC2(C)CCCS2)c1. The minimum atomic E-state index is 0.479. The molecule has 0 radical (unpaired) electrons. The molecule has 1 aromatic heterocycles. The molecule has 0 aliphatic carbocycles. The standard InChI is InChI=1S/C13H22N2S/c1-3-15-7-5-12(10-15)9-14-11-13(2)6-4-8-16-13/h5,7,10,14H,3-4,6,8-9,11H2,1-2H3. The summed E-state index contributed by atoms with van der Waals surface area (Å²) >= 11 is 2.12. The van der Waals surface area contributed by atoms with Crippen molar-refractivity contribution in [2.24, 2.45) is 0 Å². The maximum Gasteiger partial charge on any atom is 0.0256 e. The summed E-state index contributed by atoms with van der Waals surface area (Å²) in [7, 11) is 0. The zero-order valence-corrected chi connectivity index (χ0v) is 11.1. The van der Waals surface area contributed by atoms with Gasteiger partial charge in [-0.3, -0.25) is 0 Å². The maximum absolute atomic E-state index is 3.59. The lowest BCUT2D eigenvalue weighted by molar-refractivity contribution is 0.537. The van der Waals surface area contributed by atoms with Crippen LogP contribution in [0.4, 0.5) is 0 Å². The van der Waals surface area contributed by atoms with Crippen LogP contribution in [0.15, 0.2) is 18.5 Å². The van der Waals surface area contributed by atoms with Crippen molar-refractivity contribution in [2.75, 3.05) is 12.3 Å². The first-order chi connectivity index (χ1) is 7.72. The highest BCUT2D eigenvalue weighted by molar-refractivity contribution is 8.00. The molecule has 2 heterocycles. The van der Waals surface area contributed by atoms with Gasteiger partial charge >= 0.3 is 0 Å². The summed E-state index contributed by atoms with van der Waals surface area (Å²) in [6.45, 7) is 7.76. The van der Waals surface area contributed by atoms with Crippen molar-refractivity contribution in [2.45, 2.75) is 44.5 Å². The summed E-state index contributed by atoms with van der Waals surface area (Å²) < 4.78 is 2.70. The van der Waals surface area contributed by atoms with Gasteiger partial charge in [-0.25, -0.2) is 0 Å². The molecule has 1 unspecified atom stereocenters. The molecule has 1 N–H and O–H groups in total. The maximum atomic E-state index is 3.59. The fourth-order valence-corrected chi connectivity index (χ4v) is 3.51. The van der Waals surface area contributed by atoms with Gasteiger partial charge in [-0.1, -0.05) is 0 Å². The first kappa shape index (κ1) is 12.1. The Hall–Kier alpha value is -0.410. The van der Waals surface area contributed by atoms with Crippen LogP contribution in [0.5, 0.6) is 0 Å². The number of thioether (sulfide) groups is 1. The zero-order chi connectivity index (χ0) is 11.4. The number of hydrogen-bond donors (Lipinski definition) is 1. The van der Waals surface area contributed by atoms with Gasteiger partial charge < -0.3 is 9.88 Å². The van der Waals surface area contributed by atoms with Gasteiger partial charge in [-0.05, 0) is 44.1 Å². The van der Waals surface area contributed by atoms with Gasteiger partial charge in [0, 0.05) is 36.8 Å². The molecule has 0 bridgehead atoms. The molecule has 0 aromatic carbocycles. The van der Waals surface area contributed by atoms with E-state index in [2.05, 4.69) is 54.0 Å². The van der Waals surface area contributed by atoms with Gasteiger partial charge in [0.1, 0.15) is 0 Å². The average molecular weight is 238 g/mol. The third kappa shape index (κ3) is 3.05. The Bertz CT molecular complexity index is 326. The van der Waals surface area contributed by atoms with Gasteiger partial charge in [0.25, 0.3) is 0 Å². The van der Waals surface area contributed by atoms with Gasteiger partial charge in [0.15, 0.2) is 0 Å². The predicted molar refractivity (Wildman–Crippen MR) is 71.9 cm³/mol. The van der Waals surface area contributed by atoms with Crippen LogP contribution in [-0.2, 0) is 13.1 Å². The molecule has 2 rings (SSSR count). The van der Waals surface area contributed by atoms with E-state index < -0.39 is 0 Å². The van der Waals surface area contributed by atoms with E-state index in [1.165, 1.54) is 24.2 Å². The second-order valence-electron chi connectivity index (χ2n) is 4.86. The van der Waals surface area contributed by atoms with E-state index in [4.69, 9.17) is 0 Å². The number of aryl methyl sites for hydroxylation is 1. The molecule has 1 aromatic rings. The molecule has 16 heavy (non-hydrogen) atoms. The topological polar surface area (TPSA) is 17.0 Å². The average Bonchev–Trinajstić information content (AvgIpc) is 2.88. The molecule has 1 aliphatic rings. The largest absolute Gasteiger partial charge is 0.354 e. The smallest absolute Gasteiger partial charge is 0.0256 e. The van der Waals surface area contributed by atoms with E-state index >= 15 is 0 Å². The Morgan fingerprint density at radius 2 is 2.44 bits per heavy atom. The quantitative estimate of drug-likeness (QED) is 0.849. The molecule has 0 amide bonds. The highest BCUT2D eigenvalue weighted by Crippen LogP contribution is 2.36. The lowest BCUT2D eigenvalue weighted by Crippen LogP contribution is -2.32. The number of aromatic nitrogens is 1. The number of rotatable bonds is 5. The van der Waals surface area contributed by atoms with Crippen LogP contribution < -0.4 is 5.32 Å². The minimum Gasteiger partial charge on any atom is -0.354 e. The van der Waals surface area contributed by atoms with E-state index in [-0.39, 0.29) is 0 Å². The van der Waals surface area contributed by atoms with Crippen LogP contribution in [0.3, 0.4) is 0 Å². The second-order valence-corrected chi connectivity index (χ2v) is 6.54. The third-order valence-electron chi connectivity index (χ3n) is 3.31. The third-order valence-corrected chi connectivity index (χ3v) is 4.84. The second kappa shape index (κ2) is 5.28. The normalized spacial score (nSPS) is 25.1. The highest BCUT2D eigenvalue weighted by atomic mass is 32.2. The van der Waals surface area contributed by atoms with Crippen molar-refractivity contribution < 1.29 is 0 Å². The zero-order valence-electron chi connectivity index (χ0n) is 10.3. The molecule has 2 nitrogen and oxygen atoms in total. The Balaban J connectivity index is 1.75. The molecule has 0 spiro atoms. The van der Waals surface area contributed by atoms with Crippen LogP contribution in [0.2, 0.25) is 0 Å². The van der Waals surface area contributed by atoms with Crippen LogP contribution >= 0.6 is 11.8 Å². The summed E-state index contributed by atoms with van der Waals surface area (Å²) in [5.41, 5.74) is 1.40. The van der Waals surface area contributed by atoms with Crippen LogP contribution in [0.25, 0.3) is 0 Å². The molecule has 1 aliphatic heterocycles. The van der Waals surface area contributed by atoms with Crippen molar-refractivity contribution in [3.05, 3.63) is 24.0 Å². The molecular formula is C13H22N2S. The Kier molecular flexibility index (Phi) is 3.98. The van der Waals surface area contributed by atoms with Crippen molar-refractivity contribution in [3.63, 3.8) is 0 Å². The van der Waals surface area contributed by atoms with E-state index in [1.54, 1.807) is 0 Å². The molecule has 1 fully saturated rings. The monoisotopic (exact) mass is 238 g/mol. The lowest BCUT2D eigenvalue weighted by atomic mass is 10.1. The number of nitrogens with zero attached hydrogens (tertiary/aromatic N) is 1. The minimum absolute atomic E-state index is 0.479. The molecule has 1 saturated heterocycles. The van der Waals surface area contributed by atoms with Crippen molar-refractivity contribution in [3.8, 4) is 0 Å². The van der Waals surface area contributed by atoms with Gasteiger partial charge in [0.05, 0.1) is 0 Å². The van der Waals surface area contributed by atoms with E-state index in [0.717, 1.165) is 19.6 Å². The first-order valence-corrected chi connectivity index (χ1v) is 7.20. The predicted octanol–water partition coefficient (Wildman–Crippen LogP) is 2.88. The molecule has 1 atom stereocenters. The lowest BCUT2D eigenvalue weighted by Gasteiger charge is -2.22. The van der Waals surface area contributed by atoms with Gasteiger partial charge in [-0.2, -0.15) is 11.8 Å². The Morgan fingerprint density at radius 3 is 3.06 bits per heavy atom. The van der Waals surface area contributed by atoms with Crippen LogP contribution in [0.1, 0.15) is 32.3 Å². The molecule has 90 valence electrons. The van der Waals surface area contributed by atoms with E-state index in [1.807, 2.05) is 0 Å². The summed E-state index contributed by atoms with van der Waals surface area (Å²) in [5, 5.41) is 3.59. The molecule has 0 saturated carbocycles.